The molecule has 3 rings (SSSR count). The zero-order valence-corrected chi connectivity index (χ0v) is 16.7. The van der Waals surface area contributed by atoms with Crippen LogP contribution in [0.2, 0.25) is 0 Å². The summed E-state index contributed by atoms with van der Waals surface area (Å²) in [4.78, 5) is 5.58. The number of hydrogen-bond donors (Lipinski definition) is 0. The lowest BCUT2D eigenvalue weighted by molar-refractivity contribution is 0.174. The van der Waals surface area contributed by atoms with Gasteiger partial charge in [-0.3, -0.25) is 4.90 Å². The van der Waals surface area contributed by atoms with Gasteiger partial charge in [-0.25, -0.2) is 8.42 Å². The van der Waals surface area contributed by atoms with Gasteiger partial charge in [-0.15, -0.1) is 11.8 Å². The molecule has 1 heterocycles. The summed E-state index contributed by atoms with van der Waals surface area (Å²) in [5, 5.41) is 0. The largest absolute Gasteiger partial charge is 0.454 e. The number of ether oxygens (including phenoxy) is 2. The molecule has 1 aliphatic rings. The van der Waals surface area contributed by atoms with E-state index in [1.807, 2.05) is 53.4 Å². The zero-order chi connectivity index (χ0) is 19.8. The molecule has 0 spiro atoms. The summed E-state index contributed by atoms with van der Waals surface area (Å²) in [6.07, 6.45) is 0. The van der Waals surface area contributed by atoms with Crippen molar-refractivity contribution in [2.24, 2.45) is 4.52 Å². The number of sulfonamides is 1. The van der Waals surface area contributed by atoms with Gasteiger partial charge < -0.3 is 9.47 Å². The number of benzene rings is 2. The first kappa shape index (κ1) is 20.3. The molecule has 0 atom stereocenters. The minimum atomic E-state index is -3.79. The second-order valence-electron chi connectivity index (χ2n) is 6.08. The lowest BCUT2D eigenvalue weighted by Crippen LogP contribution is -2.30. The van der Waals surface area contributed by atoms with Crippen molar-refractivity contribution in [3.8, 4) is 11.5 Å². The van der Waals surface area contributed by atoms with Gasteiger partial charge in [0, 0.05) is 39.7 Å². The summed E-state index contributed by atoms with van der Waals surface area (Å²) in [6.45, 7) is 1.71. The van der Waals surface area contributed by atoms with Crippen LogP contribution in [0.4, 0.5) is 0 Å². The monoisotopic (exact) mass is 420 g/mol. The number of thioether (sulfide) groups is 1. The third-order valence-corrected chi connectivity index (χ3v) is 6.10. The Labute approximate surface area is 168 Å². The van der Waals surface area contributed by atoms with Crippen LogP contribution in [0.5, 0.6) is 11.5 Å². The molecule has 148 valence electrons. The Balaban J connectivity index is 1.63. The Hall–Kier alpha value is -2.39. The minimum absolute atomic E-state index is 0.209. The Morgan fingerprint density at radius 1 is 1.11 bits per heavy atom. The van der Waals surface area contributed by atoms with Crippen molar-refractivity contribution in [3.63, 3.8) is 0 Å². The van der Waals surface area contributed by atoms with Crippen LogP contribution < -0.4 is 9.47 Å². The highest BCUT2D eigenvalue weighted by Gasteiger charge is 2.16. The first-order chi connectivity index (χ1) is 13.6. The molecule has 0 unspecified atom stereocenters. The first-order valence-corrected chi connectivity index (χ1v) is 11.2. The summed E-state index contributed by atoms with van der Waals surface area (Å²) in [5.74, 6) is 1.98. The number of nitrogens with zero attached hydrogens (tertiary/aromatic N) is 4. The maximum absolute atomic E-state index is 11.7. The van der Waals surface area contributed by atoms with Crippen LogP contribution in [0.1, 0.15) is 5.56 Å². The van der Waals surface area contributed by atoms with Crippen molar-refractivity contribution in [1.29, 1.82) is 0 Å². The molecule has 0 amide bonds. The molecule has 0 saturated carbocycles. The summed E-state index contributed by atoms with van der Waals surface area (Å²) in [5.41, 5.74) is 9.39. The molecule has 0 fully saturated rings. The van der Waals surface area contributed by atoms with Crippen molar-refractivity contribution in [2.75, 3.05) is 31.4 Å². The normalized spacial score (nSPS) is 12.8. The van der Waals surface area contributed by atoms with Crippen molar-refractivity contribution in [3.05, 3.63) is 64.5 Å². The summed E-state index contributed by atoms with van der Waals surface area (Å²) < 4.78 is 37.1. The predicted octanol–water partition coefficient (Wildman–Crippen LogP) is 3.65. The van der Waals surface area contributed by atoms with Crippen LogP contribution in [0.15, 0.2) is 57.9 Å². The molecule has 0 aromatic heterocycles. The van der Waals surface area contributed by atoms with Gasteiger partial charge in [0.05, 0.1) is 5.75 Å². The van der Waals surface area contributed by atoms with Gasteiger partial charge in [-0.05, 0) is 35.4 Å². The van der Waals surface area contributed by atoms with Crippen LogP contribution in [0.25, 0.3) is 10.4 Å². The molecule has 0 saturated heterocycles. The van der Waals surface area contributed by atoms with E-state index in [1.165, 1.54) is 0 Å². The predicted molar refractivity (Wildman–Crippen MR) is 108 cm³/mol. The number of hydrogen-bond acceptors (Lipinski definition) is 6. The third-order valence-electron chi connectivity index (χ3n) is 4.09. The number of rotatable bonds is 10. The van der Waals surface area contributed by atoms with E-state index in [4.69, 9.17) is 15.0 Å². The molecule has 2 aromatic rings. The summed E-state index contributed by atoms with van der Waals surface area (Å²) >= 11 is 1.71. The molecule has 2 aromatic carbocycles. The summed E-state index contributed by atoms with van der Waals surface area (Å²) in [6, 6.07) is 15.7. The van der Waals surface area contributed by atoms with Crippen molar-refractivity contribution in [1.82, 2.24) is 4.90 Å². The number of azide groups is 1. The summed E-state index contributed by atoms with van der Waals surface area (Å²) in [7, 11) is -3.79. The zero-order valence-electron chi connectivity index (χ0n) is 15.1. The van der Waals surface area contributed by atoms with Gasteiger partial charge in [0.25, 0.3) is 0 Å². The van der Waals surface area contributed by atoms with E-state index in [9.17, 15) is 8.42 Å². The topological polar surface area (TPSA) is 105 Å². The van der Waals surface area contributed by atoms with Crippen molar-refractivity contribution < 1.29 is 17.9 Å². The van der Waals surface area contributed by atoms with E-state index in [0.29, 0.717) is 24.6 Å². The standard InChI is InChI=1S/C18H20N4O4S2/c19-20-21-28(23,24)11-9-22(8-10-27-16-4-2-1-3-5-16)13-15-6-7-17-18(12-15)26-14-25-17/h1-7,12H,8-11,13-14H2. The van der Waals surface area contributed by atoms with E-state index < -0.39 is 10.0 Å². The Bertz CT molecular complexity index is 947. The molecule has 0 bridgehead atoms. The molecule has 10 heteroatoms. The fraction of sp³-hybridized carbons (Fsp3) is 0.333. The van der Waals surface area contributed by atoms with Gasteiger partial charge in [0.1, 0.15) is 0 Å². The van der Waals surface area contributed by atoms with Crippen LogP contribution in [-0.2, 0) is 16.6 Å². The van der Waals surface area contributed by atoms with E-state index >= 15 is 0 Å². The molecule has 0 radical (unpaired) electrons. The SMILES string of the molecule is [N-]=[N+]=NS(=O)(=O)CCN(CCSc1ccccc1)Cc1ccc2c(c1)OCO2. The number of fused-ring (bicyclic) bond motifs is 1. The molecule has 0 N–H and O–H groups in total. The van der Waals surface area contributed by atoms with Crippen LogP contribution in [0, 0.1) is 0 Å². The maximum Gasteiger partial charge on any atom is 0.236 e. The van der Waals surface area contributed by atoms with Gasteiger partial charge in [0.2, 0.25) is 16.8 Å². The quantitative estimate of drug-likeness (QED) is 0.251. The fourth-order valence-electron chi connectivity index (χ4n) is 2.72. The fourth-order valence-corrected chi connectivity index (χ4v) is 4.33. The molecule has 28 heavy (non-hydrogen) atoms. The minimum Gasteiger partial charge on any atom is -0.454 e. The molecular formula is C18H20N4O4S2. The van der Waals surface area contributed by atoms with E-state index in [1.54, 1.807) is 11.8 Å². The van der Waals surface area contributed by atoms with E-state index in [0.717, 1.165) is 16.2 Å². The van der Waals surface area contributed by atoms with Crippen molar-refractivity contribution in [2.45, 2.75) is 11.4 Å². The molecule has 8 nitrogen and oxygen atoms in total. The van der Waals surface area contributed by atoms with Gasteiger partial charge in [-0.1, -0.05) is 24.3 Å². The highest BCUT2D eigenvalue weighted by atomic mass is 32.2. The Morgan fingerprint density at radius 3 is 2.68 bits per heavy atom. The second-order valence-corrected chi connectivity index (χ2v) is 8.99. The highest BCUT2D eigenvalue weighted by molar-refractivity contribution is 7.99. The maximum atomic E-state index is 11.7. The smallest absolute Gasteiger partial charge is 0.236 e. The van der Waals surface area contributed by atoms with Gasteiger partial charge in [0.15, 0.2) is 11.5 Å². The molecule has 1 aliphatic heterocycles. The van der Waals surface area contributed by atoms with Crippen LogP contribution in [-0.4, -0.2) is 44.7 Å². The molecule has 0 aliphatic carbocycles. The second kappa shape index (κ2) is 9.70. The van der Waals surface area contributed by atoms with Gasteiger partial charge in [-0.2, -0.15) is 0 Å². The first-order valence-electron chi connectivity index (χ1n) is 8.63. The van der Waals surface area contributed by atoms with Crippen LogP contribution in [0.3, 0.4) is 0 Å². The average molecular weight is 421 g/mol. The Morgan fingerprint density at radius 2 is 1.89 bits per heavy atom. The Kier molecular flexibility index (Phi) is 7.05. The van der Waals surface area contributed by atoms with Gasteiger partial charge >= 0.3 is 0 Å². The van der Waals surface area contributed by atoms with Crippen LogP contribution >= 0.6 is 11.8 Å². The third kappa shape index (κ3) is 6.07. The lowest BCUT2D eigenvalue weighted by Gasteiger charge is -2.22. The average Bonchev–Trinajstić information content (AvgIpc) is 3.15. The van der Waals surface area contributed by atoms with Crippen molar-refractivity contribution >= 4 is 21.8 Å². The van der Waals surface area contributed by atoms with E-state index in [-0.39, 0.29) is 19.1 Å². The lowest BCUT2D eigenvalue weighted by atomic mass is 10.2. The highest BCUT2D eigenvalue weighted by Crippen LogP contribution is 2.32. The molecular weight excluding hydrogens is 400 g/mol. The van der Waals surface area contributed by atoms with E-state index in [2.05, 4.69) is 9.43 Å².